The highest BCUT2D eigenvalue weighted by atomic mass is 32.2. The molecule has 0 amide bonds. The van der Waals surface area contributed by atoms with Crippen LogP contribution in [0.25, 0.3) is 28.2 Å². The number of sulfonamides is 1. The lowest BCUT2D eigenvalue weighted by Gasteiger charge is -2.17. The normalized spacial score (nSPS) is 14.3. The third-order valence-corrected chi connectivity index (χ3v) is 6.31. The van der Waals surface area contributed by atoms with Gasteiger partial charge in [-0.3, -0.25) is 4.57 Å². The lowest BCUT2D eigenvalue weighted by Crippen LogP contribution is -2.43. The van der Waals surface area contributed by atoms with Gasteiger partial charge in [0.2, 0.25) is 10.0 Å². The number of rotatable bonds is 5. The van der Waals surface area contributed by atoms with E-state index < -0.39 is 27.1 Å². The summed E-state index contributed by atoms with van der Waals surface area (Å²) in [6, 6.07) is 3.17. The molecule has 1 aliphatic rings. The highest BCUT2D eigenvalue weighted by Crippen LogP contribution is 2.35. The molecule has 0 aliphatic heterocycles. The molecular weight excluding hydrogens is 459 g/mol. The molecule has 1 atom stereocenters. The number of nitriles is 2. The van der Waals surface area contributed by atoms with Gasteiger partial charge in [0, 0.05) is 17.3 Å². The molecule has 1 N–H and O–H groups in total. The van der Waals surface area contributed by atoms with Crippen molar-refractivity contribution in [3.63, 3.8) is 0 Å². The number of fused-ring (bicyclic) bond motifs is 1. The van der Waals surface area contributed by atoms with E-state index in [1.54, 1.807) is 22.8 Å². The zero-order valence-electron chi connectivity index (χ0n) is 16.7. The number of allylic oxidation sites excluding steroid dienone is 4. The topological polar surface area (TPSA) is 137 Å². The van der Waals surface area contributed by atoms with Gasteiger partial charge in [0.15, 0.2) is 5.82 Å². The van der Waals surface area contributed by atoms with E-state index >= 15 is 0 Å². The van der Waals surface area contributed by atoms with Crippen LogP contribution in [-0.4, -0.2) is 40.2 Å². The summed E-state index contributed by atoms with van der Waals surface area (Å²) in [5.41, 5.74) is 1.54. The minimum Gasteiger partial charge on any atom is -0.290 e. The quantitative estimate of drug-likeness (QED) is 0.604. The highest BCUT2D eigenvalue weighted by molar-refractivity contribution is 7.89. The van der Waals surface area contributed by atoms with E-state index in [-0.39, 0.29) is 22.6 Å². The SMILES string of the molecule is CC(NS(=O)(=O)c1cnc(-c2c(C#N)c3cc(C#N)cnc3n2C2=CC=C2)nc1)C(F)(F)F. The molecule has 0 aromatic carbocycles. The summed E-state index contributed by atoms with van der Waals surface area (Å²) in [5.74, 6) is -0.0490. The Hall–Kier alpha value is -4.07. The number of alkyl halides is 3. The third kappa shape index (κ3) is 3.84. The van der Waals surface area contributed by atoms with Crippen LogP contribution in [0.3, 0.4) is 0 Å². The maximum Gasteiger partial charge on any atom is 0.404 e. The average Bonchev–Trinajstić information content (AvgIpc) is 3.04. The minimum atomic E-state index is -4.77. The summed E-state index contributed by atoms with van der Waals surface area (Å²) in [4.78, 5) is 11.7. The minimum absolute atomic E-state index is 0.0490. The van der Waals surface area contributed by atoms with E-state index in [1.165, 1.54) is 17.0 Å². The number of pyridine rings is 1. The van der Waals surface area contributed by atoms with E-state index in [2.05, 4.69) is 15.0 Å². The van der Waals surface area contributed by atoms with Crippen molar-refractivity contribution in [2.24, 2.45) is 0 Å². The molecule has 0 fully saturated rings. The van der Waals surface area contributed by atoms with Crippen molar-refractivity contribution in [2.45, 2.75) is 24.0 Å². The maximum atomic E-state index is 12.8. The van der Waals surface area contributed by atoms with Crippen molar-refractivity contribution < 1.29 is 21.6 Å². The Bertz CT molecular complexity index is 1520. The van der Waals surface area contributed by atoms with Crippen molar-refractivity contribution in [2.75, 3.05) is 0 Å². The zero-order chi connectivity index (χ0) is 24.0. The molecule has 4 rings (SSSR count). The third-order valence-electron chi connectivity index (χ3n) is 4.81. The van der Waals surface area contributed by atoms with Gasteiger partial charge in [0.1, 0.15) is 34.4 Å². The molecular formula is C20H12F3N7O2S. The van der Waals surface area contributed by atoms with E-state index in [0.29, 0.717) is 23.7 Å². The molecule has 1 aliphatic carbocycles. The van der Waals surface area contributed by atoms with Crippen molar-refractivity contribution in [3.05, 3.63) is 54.0 Å². The van der Waals surface area contributed by atoms with Crippen LogP contribution >= 0.6 is 0 Å². The van der Waals surface area contributed by atoms with Crippen LogP contribution in [0.5, 0.6) is 0 Å². The molecule has 9 nitrogen and oxygen atoms in total. The number of aromatic nitrogens is 4. The van der Waals surface area contributed by atoms with E-state index in [4.69, 9.17) is 0 Å². The fourth-order valence-electron chi connectivity index (χ4n) is 3.08. The summed E-state index contributed by atoms with van der Waals surface area (Å²) in [5, 5.41) is 19.4. The molecule has 0 radical (unpaired) electrons. The Morgan fingerprint density at radius 1 is 1.12 bits per heavy atom. The second-order valence-electron chi connectivity index (χ2n) is 6.96. The van der Waals surface area contributed by atoms with Crippen LogP contribution in [0, 0.1) is 22.7 Å². The average molecular weight is 471 g/mol. The summed E-state index contributed by atoms with van der Waals surface area (Å²) in [6.07, 6.45) is 3.53. The van der Waals surface area contributed by atoms with Gasteiger partial charge >= 0.3 is 6.18 Å². The standard InChI is InChI=1S/C20H12F3N7O2S/c1-11(20(21,22)23)29-33(31,32)14-9-26-18(27-10-14)17-16(7-25)15-5-12(6-24)8-28-19(15)30(17)13-3-2-4-13/h2-5,8-11,29H,1H3. The largest absolute Gasteiger partial charge is 0.404 e. The molecule has 0 bridgehead atoms. The van der Waals surface area contributed by atoms with Gasteiger partial charge in [0.25, 0.3) is 0 Å². The molecule has 33 heavy (non-hydrogen) atoms. The van der Waals surface area contributed by atoms with Crippen LogP contribution in [0.2, 0.25) is 0 Å². The van der Waals surface area contributed by atoms with Crippen molar-refractivity contribution in [1.29, 1.82) is 10.5 Å². The number of nitrogens with zero attached hydrogens (tertiary/aromatic N) is 6. The van der Waals surface area contributed by atoms with Crippen LogP contribution in [-0.2, 0) is 10.0 Å². The monoisotopic (exact) mass is 471 g/mol. The van der Waals surface area contributed by atoms with Gasteiger partial charge in [-0.15, -0.1) is 0 Å². The van der Waals surface area contributed by atoms with Crippen molar-refractivity contribution >= 4 is 26.8 Å². The van der Waals surface area contributed by atoms with Gasteiger partial charge in [-0.2, -0.15) is 28.4 Å². The fourth-order valence-corrected chi connectivity index (χ4v) is 4.20. The van der Waals surface area contributed by atoms with Gasteiger partial charge in [-0.1, -0.05) is 6.08 Å². The predicted molar refractivity (Wildman–Crippen MR) is 109 cm³/mol. The highest BCUT2D eigenvalue weighted by Gasteiger charge is 2.39. The van der Waals surface area contributed by atoms with Gasteiger partial charge in [0.05, 0.1) is 23.5 Å². The molecule has 3 aromatic rings. The summed E-state index contributed by atoms with van der Waals surface area (Å²) in [6.45, 7) is 0.673. The lowest BCUT2D eigenvalue weighted by molar-refractivity contribution is -0.147. The van der Waals surface area contributed by atoms with E-state index in [9.17, 15) is 32.1 Å². The first kappa shape index (κ1) is 22.1. The second kappa shape index (κ2) is 7.81. The van der Waals surface area contributed by atoms with Gasteiger partial charge < -0.3 is 0 Å². The van der Waals surface area contributed by atoms with E-state index in [0.717, 1.165) is 12.4 Å². The summed E-state index contributed by atoms with van der Waals surface area (Å²) >= 11 is 0. The lowest BCUT2D eigenvalue weighted by atomic mass is 10.1. The molecule has 1 unspecified atom stereocenters. The van der Waals surface area contributed by atoms with Crippen LogP contribution < -0.4 is 4.72 Å². The molecule has 0 saturated heterocycles. The Morgan fingerprint density at radius 2 is 1.79 bits per heavy atom. The first-order valence-electron chi connectivity index (χ1n) is 9.21. The van der Waals surface area contributed by atoms with Crippen molar-refractivity contribution in [1.82, 2.24) is 24.2 Å². The Labute approximate surface area is 185 Å². The Balaban J connectivity index is 1.83. The Kier molecular flexibility index (Phi) is 5.24. The van der Waals surface area contributed by atoms with Crippen molar-refractivity contribution in [3.8, 4) is 23.7 Å². The first-order chi connectivity index (χ1) is 15.6. The molecule has 3 heterocycles. The van der Waals surface area contributed by atoms with Gasteiger partial charge in [-0.25, -0.2) is 23.4 Å². The maximum absolute atomic E-state index is 12.8. The second-order valence-corrected chi connectivity index (χ2v) is 8.67. The van der Waals surface area contributed by atoms with E-state index in [1.807, 2.05) is 12.1 Å². The number of nitrogens with one attached hydrogen (secondary N) is 1. The summed E-state index contributed by atoms with van der Waals surface area (Å²) < 4.78 is 66.0. The molecule has 0 spiro atoms. The number of hydrogen-bond acceptors (Lipinski definition) is 7. The molecule has 166 valence electrons. The Morgan fingerprint density at radius 3 is 2.30 bits per heavy atom. The van der Waals surface area contributed by atoms with Gasteiger partial charge in [-0.05, 0) is 25.1 Å². The molecule has 3 aromatic heterocycles. The molecule has 13 heteroatoms. The molecule has 0 saturated carbocycles. The van der Waals surface area contributed by atoms with Crippen LogP contribution in [0.1, 0.15) is 18.1 Å². The zero-order valence-corrected chi connectivity index (χ0v) is 17.5. The smallest absolute Gasteiger partial charge is 0.290 e. The fraction of sp³-hybridized carbons (Fsp3) is 0.150. The number of halogens is 3. The van der Waals surface area contributed by atoms with Crippen LogP contribution in [0.4, 0.5) is 13.2 Å². The summed E-state index contributed by atoms with van der Waals surface area (Å²) in [7, 11) is -4.55. The first-order valence-corrected chi connectivity index (χ1v) is 10.7. The number of hydrogen-bond donors (Lipinski definition) is 1. The predicted octanol–water partition coefficient (Wildman–Crippen LogP) is 2.88. The van der Waals surface area contributed by atoms with Crippen LogP contribution in [0.15, 0.2) is 47.8 Å².